The summed E-state index contributed by atoms with van der Waals surface area (Å²) in [5.41, 5.74) is 8.65. The van der Waals surface area contributed by atoms with Gasteiger partial charge in [-0.1, -0.05) is 12.1 Å². The van der Waals surface area contributed by atoms with Crippen molar-refractivity contribution in [3.8, 4) is 0 Å². The summed E-state index contributed by atoms with van der Waals surface area (Å²) in [6.07, 6.45) is 8.81. The van der Waals surface area contributed by atoms with Gasteiger partial charge in [0.05, 0.1) is 21.1 Å². The van der Waals surface area contributed by atoms with Crippen molar-refractivity contribution in [1.82, 2.24) is 4.48 Å². The van der Waals surface area contributed by atoms with Crippen molar-refractivity contribution in [2.45, 2.75) is 0 Å². The van der Waals surface area contributed by atoms with Gasteiger partial charge >= 0.3 is 49.6 Å². The van der Waals surface area contributed by atoms with E-state index in [9.17, 15) is 0 Å². The van der Waals surface area contributed by atoms with Gasteiger partial charge in [-0.05, 0) is 70.8 Å². The summed E-state index contributed by atoms with van der Waals surface area (Å²) in [6.45, 7) is 0. The number of nitrogens with zero attached hydrogens (tertiary/aromatic N) is 3. The Morgan fingerprint density at radius 2 is 1.15 bits per heavy atom. The summed E-state index contributed by atoms with van der Waals surface area (Å²) in [7, 11) is 31.7. The molecule has 0 spiro atoms. The molecule has 34 heavy (non-hydrogen) atoms. The quantitative estimate of drug-likeness (QED) is 0.204. The number of allylic oxidation sites excluding steroid dienone is 5. The van der Waals surface area contributed by atoms with Crippen LogP contribution in [0.5, 0.6) is 0 Å². The molecule has 1 aliphatic carbocycles. The molecule has 1 aliphatic rings. The second kappa shape index (κ2) is 12.2. The van der Waals surface area contributed by atoms with Crippen LogP contribution in [0.25, 0.3) is 5.57 Å². The Bertz CT molecular complexity index is 1070. The molecule has 0 aliphatic heterocycles. The molecule has 0 N–H and O–H groups in total. The zero-order valence-corrected chi connectivity index (χ0v) is 27.0. The van der Waals surface area contributed by atoms with Gasteiger partial charge in [0.25, 0.3) is 0 Å². The van der Waals surface area contributed by atoms with Crippen molar-refractivity contribution in [3.05, 3.63) is 89.5 Å². The molecule has 0 fully saturated rings. The van der Waals surface area contributed by atoms with E-state index >= 15 is 0 Å². The number of hydrogen-bond donors (Lipinski definition) is 0. The Morgan fingerprint density at radius 3 is 1.50 bits per heavy atom. The maximum absolute atomic E-state index is 5.05. The third kappa shape index (κ3) is 9.15. The first kappa shape index (κ1) is 29.1. The molecule has 182 valence electrons. The molecule has 2 aromatic rings. The van der Waals surface area contributed by atoms with Gasteiger partial charge < -0.3 is 4.90 Å². The van der Waals surface area contributed by atoms with E-state index in [0.717, 1.165) is 4.48 Å². The summed E-state index contributed by atoms with van der Waals surface area (Å²) in [5.74, 6) is 0. The van der Waals surface area contributed by atoms with Crippen molar-refractivity contribution in [1.29, 1.82) is 0 Å². The van der Waals surface area contributed by atoms with Gasteiger partial charge in [0, 0.05) is 31.9 Å². The van der Waals surface area contributed by atoms with Gasteiger partial charge in [-0.2, -0.15) is 0 Å². The predicted octanol–water partition coefficient (Wildman–Crippen LogP) is 7.35. The van der Waals surface area contributed by atoms with Crippen molar-refractivity contribution in [2.24, 2.45) is 0 Å². The normalized spacial score (nSPS) is 13.4. The van der Waals surface area contributed by atoms with Crippen LogP contribution in [0, 0.1) is 0 Å². The van der Waals surface area contributed by atoms with E-state index < -0.39 is 10.8 Å². The first-order chi connectivity index (χ1) is 15.7. The number of rotatable bonds is 4. The zero-order chi connectivity index (χ0) is 25.7. The second-order valence-electron chi connectivity index (χ2n) is 9.42. The number of hydrogen-bond acceptors (Lipinski definition) is 1. The molecule has 0 saturated carbocycles. The van der Waals surface area contributed by atoms with Crippen LogP contribution in [0.3, 0.4) is 0 Å². The van der Waals surface area contributed by atoms with E-state index in [1.807, 2.05) is 0 Å². The first-order valence-electron chi connectivity index (χ1n) is 11.1. The molecule has 0 aromatic heterocycles. The van der Waals surface area contributed by atoms with Crippen molar-refractivity contribution in [3.63, 3.8) is 0 Å². The van der Waals surface area contributed by atoms with Crippen molar-refractivity contribution >= 4 is 61.4 Å². The third-order valence-electron chi connectivity index (χ3n) is 5.28. The molecular formula is C26H33Cl4N3Zn. The molecular weight excluding hydrogens is 562 g/mol. The Morgan fingerprint density at radius 1 is 0.735 bits per heavy atom. The van der Waals surface area contributed by atoms with E-state index in [0.29, 0.717) is 0 Å². The van der Waals surface area contributed by atoms with E-state index in [2.05, 4.69) is 132 Å². The zero-order valence-electron chi connectivity index (χ0n) is 21.0. The third-order valence-corrected chi connectivity index (χ3v) is 5.28. The molecule has 0 atom stereocenters. The molecule has 0 unspecified atom stereocenters. The SMILES string of the molecule is CN(C)c1ccc(C(=C2C=CC(=[N+](C)C)C=C2)c2ccc([N+](C)(C)C)cc2)cc1.[Cl][Zn-2]([Cl])([Cl])[Cl]. The summed E-state index contributed by atoms with van der Waals surface area (Å²) < 4.78 is 2.94. The van der Waals surface area contributed by atoms with Crippen LogP contribution >= 0.6 is 38.8 Å². The number of halogens is 4. The Hall–Kier alpha value is -1.13. The monoisotopic (exact) mass is 591 g/mol. The van der Waals surface area contributed by atoms with Gasteiger partial charge in [-0.25, -0.2) is 4.58 Å². The average molecular weight is 595 g/mol. The van der Waals surface area contributed by atoms with Crippen molar-refractivity contribution in [2.75, 3.05) is 54.2 Å². The van der Waals surface area contributed by atoms with Gasteiger partial charge in [-0.15, -0.1) is 0 Å². The summed E-state index contributed by atoms with van der Waals surface area (Å²) in [4.78, 5) is 2.13. The maximum atomic E-state index is 5.05. The minimum absolute atomic E-state index is 0.810. The number of anilines is 1. The van der Waals surface area contributed by atoms with Crippen LogP contribution in [0.4, 0.5) is 11.4 Å². The van der Waals surface area contributed by atoms with Crippen LogP contribution in [-0.4, -0.2) is 59.6 Å². The molecule has 2 aromatic carbocycles. The molecule has 0 heterocycles. The van der Waals surface area contributed by atoms with E-state index in [1.54, 1.807) is 0 Å². The van der Waals surface area contributed by atoms with Crippen LogP contribution in [-0.2, 0) is 10.8 Å². The molecule has 0 radical (unpaired) electrons. The Kier molecular flexibility index (Phi) is 10.5. The van der Waals surface area contributed by atoms with Crippen LogP contribution in [0.15, 0.2) is 78.4 Å². The summed E-state index contributed by atoms with van der Waals surface area (Å²) in [6, 6.07) is 17.8. The standard InChI is InChI=1S/C26H33N3.4ClH.Zn/c1-27(2)23-14-8-20(9-15-23)26(21-10-16-24(17-11-21)28(3)4)22-12-18-25(19-13-22)29(5,6)7;;;;;/h8-19H,1-7H3;4*1H;/q+2;;;;;+2/p-4. The molecule has 0 amide bonds. The molecule has 0 bridgehead atoms. The summed E-state index contributed by atoms with van der Waals surface area (Å²) >= 11 is 0. The fourth-order valence-corrected chi connectivity index (χ4v) is 3.43. The van der Waals surface area contributed by atoms with Crippen molar-refractivity contribution < 1.29 is 15.4 Å². The van der Waals surface area contributed by atoms with Crippen LogP contribution < -0.4 is 9.38 Å². The first-order valence-corrected chi connectivity index (χ1v) is 26.7. The second-order valence-corrected chi connectivity index (χ2v) is 37.2. The Balaban J connectivity index is 0.000000739. The number of benzene rings is 2. The van der Waals surface area contributed by atoms with Gasteiger partial charge in [-0.3, -0.25) is 4.48 Å². The average Bonchev–Trinajstić information content (AvgIpc) is 2.73. The molecule has 3 rings (SSSR count). The Labute approximate surface area is 223 Å². The van der Waals surface area contributed by atoms with Gasteiger partial charge in [0.15, 0.2) is 5.71 Å². The van der Waals surface area contributed by atoms with Gasteiger partial charge in [0.2, 0.25) is 0 Å². The fourth-order valence-electron chi connectivity index (χ4n) is 3.43. The molecule has 3 nitrogen and oxygen atoms in total. The van der Waals surface area contributed by atoms with E-state index in [4.69, 9.17) is 38.8 Å². The fraction of sp³-hybridized carbons (Fsp3) is 0.269. The van der Waals surface area contributed by atoms with E-state index in [1.165, 1.54) is 39.4 Å². The minimum atomic E-state index is -3.36. The summed E-state index contributed by atoms with van der Waals surface area (Å²) in [5, 5.41) is 0. The van der Waals surface area contributed by atoms with Gasteiger partial charge in [0.1, 0.15) is 19.8 Å². The van der Waals surface area contributed by atoms with Crippen LogP contribution in [0.1, 0.15) is 11.1 Å². The molecule has 8 heteroatoms. The predicted molar refractivity (Wildman–Crippen MR) is 152 cm³/mol. The van der Waals surface area contributed by atoms with E-state index in [-0.39, 0.29) is 0 Å². The topological polar surface area (TPSA) is 6.25 Å². The molecule has 0 saturated heterocycles. The number of quaternary nitrogens is 1. The van der Waals surface area contributed by atoms with Crippen LogP contribution in [0.2, 0.25) is 0 Å².